The smallest absolute Gasteiger partial charge is 0.324 e. The molecular weight excluding hydrogens is 889 g/mol. The second-order valence-electron chi connectivity index (χ2n) is 22.6. The van der Waals surface area contributed by atoms with E-state index in [0.29, 0.717) is 38.3 Å². The molecule has 3 amide bonds. The highest BCUT2D eigenvalue weighted by Gasteiger charge is 2.57. The zero-order valence-electron chi connectivity index (χ0n) is 41.1. The fraction of sp³-hybridized carbons (Fsp3) is 0.630. The van der Waals surface area contributed by atoms with Crippen molar-refractivity contribution in [1.82, 2.24) is 40.1 Å². The molecule has 6 fully saturated rings. The number of nitrogens with one attached hydrogen (secondary N) is 2. The van der Waals surface area contributed by atoms with Gasteiger partial charge < -0.3 is 24.3 Å². The molecule has 4 saturated heterocycles. The van der Waals surface area contributed by atoms with Gasteiger partial charge in [0.05, 0.1) is 40.8 Å². The molecule has 2 aliphatic carbocycles. The standard InChI is InChI=1S/C54H70N8O6S/c1-6-61-42-18-17-35-25-37(42)38(46(61)36-13-9-21-55-44(36)32(2)3)27-53(4,5)31-67-52(66)39-14-10-22-62(58-39)50(64)40(26-43-56-41(35)28-69-43)57-49(63)45(33-11-7-8-12-33)59-23-19-54(29-59)20-24-60(30-54)51(65)48-47(68-48)34-15-16-34/h9,13,17-18,21,25,28,32-34,39-40,45,47-48,58H,6-8,10-12,14-16,19-20,22-24,26-27,29-31H2,1-5H3,(H,57,63)/t39-,40-,45-,47+,48+,54-/m0/s1. The SMILES string of the molecule is CCn1c(-c2cccnc2C(C)C)c2c3cc(ccc31)-c1csc(n1)C[C@H](NC(=O)[C@H](C1CCCC1)N1CC[C@]3(CCN(C(=O)[C@@H]4O[C@@H]4C4CC4)C3)C1)C(=O)N1CCC[C@H](N1)C(=O)OCC(C)(C)C2. The summed E-state index contributed by atoms with van der Waals surface area (Å²) in [6.45, 7) is 15.2. The molecule has 15 heteroatoms. The Morgan fingerprint density at radius 1 is 1.00 bits per heavy atom. The summed E-state index contributed by atoms with van der Waals surface area (Å²) in [4.78, 5) is 72.0. The summed E-state index contributed by atoms with van der Waals surface area (Å²) in [5, 5.41) is 8.81. The largest absolute Gasteiger partial charge is 0.464 e. The molecule has 14 nitrogen and oxygen atoms in total. The summed E-state index contributed by atoms with van der Waals surface area (Å²) < 4.78 is 14.4. The number of thiazole rings is 1. The number of cyclic esters (lactones) is 1. The van der Waals surface area contributed by atoms with Gasteiger partial charge in [-0.1, -0.05) is 46.6 Å². The van der Waals surface area contributed by atoms with Crippen molar-refractivity contribution in [3.63, 3.8) is 0 Å². The van der Waals surface area contributed by atoms with Crippen LogP contribution in [-0.2, 0) is 48.0 Å². The van der Waals surface area contributed by atoms with E-state index in [-0.39, 0.29) is 72.2 Å². The second-order valence-corrected chi connectivity index (χ2v) is 23.6. The molecule has 0 radical (unpaired) electrons. The molecule has 6 atom stereocenters. The summed E-state index contributed by atoms with van der Waals surface area (Å²) in [6, 6.07) is 8.77. The van der Waals surface area contributed by atoms with Crippen molar-refractivity contribution in [3.8, 4) is 22.5 Å². The summed E-state index contributed by atoms with van der Waals surface area (Å²) in [6.07, 6.45) is 12.0. The van der Waals surface area contributed by atoms with Crippen LogP contribution in [0.5, 0.6) is 0 Å². The first-order valence-corrected chi connectivity index (χ1v) is 26.9. The van der Waals surface area contributed by atoms with Crippen molar-refractivity contribution in [2.24, 2.45) is 22.7 Å². The molecule has 11 rings (SSSR count). The molecule has 3 aromatic heterocycles. The first kappa shape index (κ1) is 46.7. The summed E-state index contributed by atoms with van der Waals surface area (Å²) >= 11 is 1.51. The number of esters is 1. The molecule has 69 heavy (non-hydrogen) atoms. The number of pyridine rings is 1. The second kappa shape index (κ2) is 18.5. The predicted octanol–water partition coefficient (Wildman–Crippen LogP) is 7.28. The molecule has 368 valence electrons. The summed E-state index contributed by atoms with van der Waals surface area (Å²) in [7, 11) is 0. The molecule has 2 saturated carbocycles. The van der Waals surface area contributed by atoms with Gasteiger partial charge in [-0.25, -0.2) is 10.4 Å². The maximum absolute atomic E-state index is 15.1. The number of rotatable bonds is 9. The lowest BCUT2D eigenvalue weighted by molar-refractivity contribution is -0.155. The number of hydrazine groups is 1. The van der Waals surface area contributed by atoms with Gasteiger partial charge in [-0.2, -0.15) is 0 Å². The normalized spacial score (nSPS) is 28.1. The van der Waals surface area contributed by atoms with Gasteiger partial charge in [0.15, 0.2) is 6.10 Å². The Morgan fingerprint density at radius 2 is 1.81 bits per heavy atom. The molecule has 7 aliphatic rings. The molecule has 2 N–H and O–H groups in total. The van der Waals surface area contributed by atoms with Crippen LogP contribution in [0.4, 0.5) is 0 Å². The van der Waals surface area contributed by atoms with Gasteiger partial charge in [0.25, 0.3) is 11.8 Å². The fourth-order valence-electron chi connectivity index (χ4n) is 12.7. The van der Waals surface area contributed by atoms with E-state index in [9.17, 15) is 14.4 Å². The van der Waals surface area contributed by atoms with Crippen LogP contribution in [0.2, 0.25) is 0 Å². The maximum Gasteiger partial charge on any atom is 0.324 e. The highest BCUT2D eigenvalue weighted by Crippen LogP contribution is 2.48. The lowest BCUT2D eigenvalue weighted by atomic mass is 9.84. The van der Waals surface area contributed by atoms with Gasteiger partial charge in [0.1, 0.15) is 12.1 Å². The van der Waals surface area contributed by atoms with Crippen molar-refractivity contribution >= 4 is 45.9 Å². The van der Waals surface area contributed by atoms with Crippen molar-refractivity contribution < 1.29 is 28.7 Å². The monoisotopic (exact) mass is 959 g/mol. The fourth-order valence-corrected chi connectivity index (χ4v) is 13.6. The van der Waals surface area contributed by atoms with Crippen molar-refractivity contribution in [1.29, 1.82) is 0 Å². The first-order chi connectivity index (χ1) is 33.3. The van der Waals surface area contributed by atoms with Crippen LogP contribution < -0.4 is 10.7 Å². The number of benzene rings is 1. The number of carbonyl (C=O) groups is 4. The average molecular weight is 959 g/mol. The lowest BCUT2D eigenvalue weighted by Crippen LogP contribution is -2.62. The van der Waals surface area contributed by atoms with Crippen LogP contribution in [0.15, 0.2) is 41.9 Å². The van der Waals surface area contributed by atoms with E-state index in [1.54, 1.807) is 5.01 Å². The Bertz CT molecular complexity index is 2630. The number of epoxide rings is 1. The summed E-state index contributed by atoms with van der Waals surface area (Å²) in [5.74, 6) is 0.290. The zero-order chi connectivity index (χ0) is 47.8. The highest BCUT2D eigenvalue weighted by molar-refractivity contribution is 7.10. The molecule has 6 bridgehead atoms. The zero-order valence-corrected chi connectivity index (χ0v) is 42.0. The van der Waals surface area contributed by atoms with Gasteiger partial charge >= 0.3 is 5.97 Å². The Morgan fingerprint density at radius 3 is 2.59 bits per heavy atom. The van der Waals surface area contributed by atoms with E-state index in [1.807, 2.05) is 17.2 Å². The number of fused-ring (bicyclic) bond motifs is 6. The van der Waals surface area contributed by atoms with E-state index in [1.165, 1.54) is 16.9 Å². The molecule has 5 aliphatic heterocycles. The van der Waals surface area contributed by atoms with Crippen LogP contribution >= 0.6 is 11.3 Å². The van der Waals surface area contributed by atoms with Crippen LogP contribution in [-0.4, -0.2) is 123 Å². The third-order valence-corrected chi connectivity index (χ3v) is 17.4. The number of likely N-dealkylation sites (tertiary alicyclic amines) is 2. The van der Waals surface area contributed by atoms with Crippen molar-refractivity contribution in [2.75, 3.05) is 39.3 Å². The molecular formula is C54H70N8O6S. The number of amides is 3. The first-order valence-electron chi connectivity index (χ1n) is 26.1. The van der Waals surface area contributed by atoms with Crippen molar-refractivity contribution in [2.45, 2.75) is 154 Å². The van der Waals surface area contributed by atoms with Crippen LogP contribution in [0.25, 0.3) is 33.4 Å². The van der Waals surface area contributed by atoms with Crippen LogP contribution in [0.3, 0.4) is 0 Å². The van der Waals surface area contributed by atoms with Crippen molar-refractivity contribution in [3.05, 3.63) is 58.2 Å². The van der Waals surface area contributed by atoms with Gasteiger partial charge in [-0.05, 0) is 119 Å². The molecule has 0 unspecified atom stereocenters. The Kier molecular flexibility index (Phi) is 12.5. The molecule has 4 aromatic rings. The quantitative estimate of drug-likeness (QED) is 0.129. The van der Waals surface area contributed by atoms with Crippen LogP contribution in [0, 0.1) is 22.7 Å². The minimum absolute atomic E-state index is 0.0550. The minimum Gasteiger partial charge on any atom is -0.464 e. The van der Waals surface area contributed by atoms with Crippen LogP contribution in [0.1, 0.15) is 121 Å². The lowest BCUT2D eigenvalue weighted by Gasteiger charge is -2.37. The average Bonchev–Trinajstić information content (AvgIpc) is 4.00. The third-order valence-electron chi connectivity index (χ3n) is 16.5. The number of aromatic nitrogens is 3. The van der Waals surface area contributed by atoms with Gasteiger partial charge in [0.2, 0.25) is 5.91 Å². The number of aryl methyl sites for hydroxylation is 1. The van der Waals surface area contributed by atoms with E-state index >= 15 is 4.79 Å². The van der Waals surface area contributed by atoms with Gasteiger partial charge in [-0.3, -0.25) is 34.1 Å². The Hall–Kier alpha value is -4.70. The van der Waals surface area contributed by atoms with E-state index in [4.69, 9.17) is 19.4 Å². The van der Waals surface area contributed by atoms with Gasteiger partial charge in [0, 0.05) is 83.6 Å². The maximum atomic E-state index is 15.1. The number of nitrogens with zero attached hydrogens (tertiary/aromatic N) is 6. The van der Waals surface area contributed by atoms with E-state index < -0.39 is 17.5 Å². The summed E-state index contributed by atoms with van der Waals surface area (Å²) in [5.41, 5.74) is 10.2. The molecule has 8 heterocycles. The predicted molar refractivity (Wildman–Crippen MR) is 265 cm³/mol. The molecule has 1 aromatic carbocycles. The highest BCUT2D eigenvalue weighted by atomic mass is 32.1. The third kappa shape index (κ3) is 9.14. The van der Waals surface area contributed by atoms with Gasteiger partial charge in [-0.15, -0.1) is 11.3 Å². The number of hydrogen-bond donors (Lipinski definition) is 2. The molecule has 1 spiro atoms. The number of hydrogen-bond acceptors (Lipinski definition) is 11. The topological polar surface area (TPSA) is 155 Å². The number of carbonyl (C=O) groups excluding carboxylic acids is 4. The van der Waals surface area contributed by atoms with E-state index in [2.05, 4.69) is 84.5 Å². The Balaban J connectivity index is 0.906. The number of ether oxygens (including phenoxy) is 2. The van der Waals surface area contributed by atoms with E-state index in [0.717, 1.165) is 122 Å². The Labute approximate surface area is 410 Å². The minimum atomic E-state index is -0.917.